The van der Waals surface area contributed by atoms with E-state index in [9.17, 15) is 9.59 Å². The van der Waals surface area contributed by atoms with Crippen LogP contribution in [0.5, 0.6) is 0 Å². The molecule has 3 aromatic heterocycles. The quantitative estimate of drug-likeness (QED) is 0.501. The molecule has 2 amide bonds. The summed E-state index contributed by atoms with van der Waals surface area (Å²) >= 11 is 1.36. The maximum atomic E-state index is 12.6. The van der Waals surface area contributed by atoms with Crippen LogP contribution >= 0.6 is 11.8 Å². The summed E-state index contributed by atoms with van der Waals surface area (Å²) in [6.45, 7) is 10.7. The zero-order valence-corrected chi connectivity index (χ0v) is 21.6. The number of nitrogens with one attached hydrogen (secondary N) is 1. The molecule has 1 fully saturated rings. The number of aromatic nitrogens is 4. The van der Waals surface area contributed by atoms with Crippen molar-refractivity contribution in [2.24, 2.45) is 11.1 Å². The number of nitrogens with zero attached hydrogens (tertiary/aromatic N) is 5. The minimum atomic E-state index is -0.586. The number of likely N-dealkylation sites (tertiary alicyclic amines) is 1. The minimum Gasteiger partial charge on any atom is -0.444 e. The van der Waals surface area contributed by atoms with Gasteiger partial charge in [-0.25, -0.2) is 9.31 Å². The monoisotopic (exact) mass is 501 g/mol. The first kappa shape index (κ1) is 24.8. The van der Waals surface area contributed by atoms with E-state index in [4.69, 9.17) is 14.9 Å². The summed E-state index contributed by atoms with van der Waals surface area (Å²) in [6, 6.07) is 1.79. The molecule has 1 atom stereocenters. The number of anilines is 1. The number of piperidine rings is 1. The second-order valence-electron chi connectivity index (χ2n) is 10.3. The Balaban J connectivity index is 1.64. The molecule has 0 aromatic carbocycles. The summed E-state index contributed by atoms with van der Waals surface area (Å²) in [7, 11) is 0. The summed E-state index contributed by atoms with van der Waals surface area (Å²) in [6.07, 6.45) is 5.40. The Labute approximate surface area is 207 Å². The predicted octanol–water partition coefficient (Wildman–Crippen LogP) is 3.65. The van der Waals surface area contributed by atoms with Crippen molar-refractivity contribution < 1.29 is 18.7 Å². The molecule has 0 unspecified atom stereocenters. The summed E-state index contributed by atoms with van der Waals surface area (Å²) < 4.78 is 12.9. The normalized spacial score (nSPS) is 18.0. The Morgan fingerprint density at radius 1 is 1.31 bits per heavy atom. The average Bonchev–Trinajstić information content (AvgIpc) is 3.40. The zero-order chi connectivity index (χ0) is 25.5. The van der Waals surface area contributed by atoms with E-state index < -0.39 is 11.5 Å². The van der Waals surface area contributed by atoms with E-state index in [0.29, 0.717) is 47.4 Å². The van der Waals surface area contributed by atoms with Crippen LogP contribution in [0.4, 0.5) is 10.5 Å². The van der Waals surface area contributed by atoms with Gasteiger partial charge in [0, 0.05) is 30.7 Å². The van der Waals surface area contributed by atoms with E-state index in [-0.39, 0.29) is 23.1 Å². The molecule has 4 rings (SSSR count). The zero-order valence-electron chi connectivity index (χ0n) is 20.8. The average molecular weight is 502 g/mol. The van der Waals surface area contributed by atoms with Gasteiger partial charge < -0.3 is 25.1 Å². The van der Waals surface area contributed by atoms with Gasteiger partial charge in [-0.15, -0.1) is 10.2 Å². The van der Waals surface area contributed by atoms with Crippen molar-refractivity contribution in [3.8, 4) is 11.5 Å². The lowest BCUT2D eigenvalue weighted by molar-refractivity contribution is 0.00691. The predicted molar refractivity (Wildman–Crippen MR) is 132 cm³/mol. The maximum Gasteiger partial charge on any atom is 0.410 e. The molecule has 0 bridgehead atoms. The van der Waals surface area contributed by atoms with Crippen LogP contribution in [0.2, 0.25) is 0 Å². The van der Waals surface area contributed by atoms with Crippen LogP contribution in [0.3, 0.4) is 0 Å². The first-order valence-corrected chi connectivity index (χ1v) is 12.5. The number of thioether (sulfide) groups is 1. The number of carbonyl (C=O) groups excluding carboxylic acids is 2. The van der Waals surface area contributed by atoms with Gasteiger partial charge in [-0.05, 0) is 39.5 Å². The molecule has 3 aromatic rings. The largest absolute Gasteiger partial charge is 0.444 e. The number of amides is 2. The van der Waals surface area contributed by atoms with Gasteiger partial charge in [0.1, 0.15) is 5.60 Å². The second kappa shape index (κ2) is 9.06. The molecule has 12 heteroatoms. The van der Waals surface area contributed by atoms with Crippen molar-refractivity contribution in [3.05, 3.63) is 24.0 Å². The Hall–Kier alpha value is -3.28. The van der Waals surface area contributed by atoms with Crippen LogP contribution in [0.15, 0.2) is 28.1 Å². The van der Waals surface area contributed by atoms with E-state index in [2.05, 4.69) is 34.5 Å². The third kappa shape index (κ3) is 5.21. The highest BCUT2D eigenvalue weighted by Crippen LogP contribution is 2.36. The number of ether oxygens (including phenoxy) is 1. The molecule has 11 nitrogen and oxygen atoms in total. The van der Waals surface area contributed by atoms with Gasteiger partial charge in [0.25, 0.3) is 11.1 Å². The first-order valence-electron chi connectivity index (χ1n) is 11.3. The molecule has 3 N–H and O–H groups in total. The molecule has 35 heavy (non-hydrogen) atoms. The van der Waals surface area contributed by atoms with Crippen LogP contribution in [-0.2, 0) is 4.74 Å². The molecule has 1 saturated heterocycles. The standard InChI is InChI=1S/C23H31N7O4S/c1-22(2,3)34-21(32)29-8-7-16(23(4,5)12-29)26-17-14(18(24)31)10-25-30-11-13(9-15(17)30)19-27-28-20(33-19)35-6/h9-11,16,26H,7-8,12H2,1-6H3,(H2,24,31)/t16-/m1/s1. The van der Waals surface area contributed by atoms with Gasteiger partial charge in [0.15, 0.2) is 0 Å². The Bertz CT molecular complexity index is 1260. The Morgan fingerprint density at radius 2 is 2.06 bits per heavy atom. The van der Waals surface area contributed by atoms with Gasteiger partial charge in [0.2, 0.25) is 5.89 Å². The van der Waals surface area contributed by atoms with Crippen LogP contribution in [-0.4, -0.2) is 67.7 Å². The lowest BCUT2D eigenvalue weighted by Crippen LogP contribution is -2.54. The van der Waals surface area contributed by atoms with E-state index >= 15 is 0 Å². The highest BCUT2D eigenvalue weighted by atomic mass is 32.2. The van der Waals surface area contributed by atoms with Crippen molar-refractivity contribution in [1.82, 2.24) is 24.7 Å². The smallest absolute Gasteiger partial charge is 0.410 e. The fourth-order valence-electron chi connectivity index (χ4n) is 4.20. The highest BCUT2D eigenvalue weighted by Gasteiger charge is 2.39. The van der Waals surface area contributed by atoms with Crippen molar-refractivity contribution in [3.63, 3.8) is 0 Å². The molecule has 0 spiro atoms. The van der Waals surface area contributed by atoms with E-state index in [1.807, 2.05) is 33.1 Å². The molecule has 0 saturated carbocycles. The fourth-order valence-corrected chi connectivity index (χ4v) is 4.49. The number of hydrogen-bond acceptors (Lipinski definition) is 9. The molecule has 1 aliphatic heterocycles. The number of carbonyl (C=O) groups is 2. The molecule has 0 radical (unpaired) electrons. The van der Waals surface area contributed by atoms with Crippen molar-refractivity contribution in [1.29, 1.82) is 0 Å². The second-order valence-corrected chi connectivity index (χ2v) is 11.1. The van der Waals surface area contributed by atoms with E-state index in [1.165, 1.54) is 18.0 Å². The SMILES string of the molecule is CSc1nnc(-c2cc3c(N[C@@H]4CCN(C(=O)OC(C)(C)C)CC4(C)C)c(C(N)=O)cnn3c2)o1. The summed E-state index contributed by atoms with van der Waals surface area (Å²) in [4.78, 5) is 26.6. The van der Waals surface area contributed by atoms with Crippen LogP contribution < -0.4 is 11.1 Å². The maximum absolute atomic E-state index is 12.6. The Morgan fingerprint density at radius 3 is 2.66 bits per heavy atom. The molecule has 4 heterocycles. The van der Waals surface area contributed by atoms with Gasteiger partial charge in [-0.3, -0.25) is 4.79 Å². The summed E-state index contributed by atoms with van der Waals surface area (Å²) in [5, 5.41) is 16.4. The van der Waals surface area contributed by atoms with Gasteiger partial charge in [0.05, 0.1) is 28.5 Å². The van der Waals surface area contributed by atoms with Crippen LogP contribution in [0, 0.1) is 5.41 Å². The molecular formula is C23H31N7O4S. The lowest BCUT2D eigenvalue weighted by Gasteiger charge is -2.45. The lowest BCUT2D eigenvalue weighted by atomic mass is 9.79. The fraction of sp³-hybridized carbons (Fsp3) is 0.522. The first-order chi connectivity index (χ1) is 16.4. The number of primary amides is 1. The number of fused-ring (bicyclic) bond motifs is 1. The highest BCUT2D eigenvalue weighted by molar-refractivity contribution is 7.98. The number of nitrogens with two attached hydrogens (primary N) is 1. The van der Waals surface area contributed by atoms with Gasteiger partial charge in [-0.1, -0.05) is 25.6 Å². The summed E-state index contributed by atoms with van der Waals surface area (Å²) in [5.41, 5.74) is 7.01. The molecule has 1 aliphatic rings. The van der Waals surface area contributed by atoms with Crippen molar-refractivity contribution >= 4 is 35.0 Å². The van der Waals surface area contributed by atoms with Crippen molar-refractivity contribution in [2.75, 3.05) is 24.7 Å². The van der Waals surface area contributed by atoms with Crippen LogP contribution in [0.1, 0.15) is 51.4 Å². The molecular weight excluding hydrogens is 470 g/mol. The van der Waals surface area contributed by atoms with Gasteiger partial charge in [-0.2, -0.15) is 5.10 Å². The van der Waals surface area contributed by atoms with E-state index in [0.717, 1.165) is 0 Å². The Kier molecular flexibility index (Phi) is 6.43. The van der Waals surface area contributed by atoms with Crippen molar-refractivity contribution in [2.45, 2.75) is 57.9 Å². The van der Waals surface area contributed by atoms with E-state index in [1.54, 1.807) is 15.6 Å². The van der Waals surface area contributed by atoms with Gasteiger partial charge >= 0.3 is 6.09 Å². The third-order valence-electron chi connectivity index (χ3n) is 5.93. The topological polar surface area (TPSA) is 141 Å². The summed E-state index contributed by atoms with van der Waals surface area (Å²) in [5.74, 6) is -0.228. The van der Waals surface area contributed by atoms with Crippen LogP contribution in [0.25, 0.3) is 17.0 Å². The molecule has 188 valence electrons. The number of hydrogen-bond donors (Lipinski definition) is 2. The third-order valence-corrected chi connectivity index (χ3v) is 6.44. The minimum absolute atomic E-state index is 0.0460. The molecule has 0 aliphatic carbocycles. The number of rotatable bonds is 5.